The average Bonchev–Trinajstić information content (AvgIpc) is 2.97. The molecule has 6 nitrogen and oxygen atoms in total. The van der Waals surface area contributed by atoms with E-state index in [1.165, 1.54) is 0 Å². The number of hydrogen-bond donors (Lipinski definition) is 0. The molecule has 2 aliphatic rings. The molecule has 0 N–H and O–H groups in total. The highest BCUT2D eigenvalue weighted by atomic mass is 16.5. The van der Waals surface area contributed by atoms with E-state index in [9.17, 15) is 4.79 Å². The minimum Gasteiger partial charge on any atom is -0.361 e. The van der Waals surface area contributed by atoms with Gasteiger partial charge < -0.3 is 14.0 Å². The van der Waals surface area contributed by atoms with E-state index in [4.69, 9.17) is 4.52 Å². The van der Waals surface area contributed by atoms with Gasteiger partial charge in [-0.2, -0.15) is 0 Å². The number of rotatable bonds is 3. The number of piperidine rings is 1. The highest BCUT2D eigenvalue weighted by Crippen LogP contribution is 2.57. The van der Waals surface area contributed by atoms with E-state index >= 15 is 0 Å². The number of likely N-dealkylation sites (tertiary alicyclic amines) is 1. The lowest BCUT2D eigenvalue weighted by Crippen LogP contribution is -2.31. The molecule has 6 heteroatoms. The SMILES string of the molecule is Cc1cc(C2[C@H]3CN(C(=O)c4cn(C(C)C)cn4)C[C@@H]23)no1. The zero-order chi connectivity index (χ0) is 15.4. The molecule has 3 heterocycles. The fourth-order valence-electron chi connectivity index (χ4n) is 3.57. The third kappa shape index (κ3) is 2.05. The maximum Gasteiger partial charge on any atom is 0.274 e. The molecule has 1 aliphatic heterocycles. The van der Waals surface area contributed by atoms with E-state index in [-0.39, 0.29) is 5.91 Å². The summed E-state index contributed by atoms with van der Waals surface area (Å²) in [4.78, 5) is 18.7. The molecule has 2 aromatic heterocycles. The molecule has 1 aliphatic carbocycles. The lowest BCUT2D eigenvalue weighted by molar-refractivity contribution is 0.0767. The number of carbonyl (C=O) groups excluding carboxylic acids is 1. The topological polar surface area (TPSA) is 64.2 Å². The molecule has 0 spiro atoms. The Kier molecular flexibility index (Phi) is 2.89. The van der Waals surface area contributed by atoms with Crippen molar-refractivity contribution in [3.05, 3.63) is 35.7 Å². The molecule has 1 saturated carbocycles. The van der Waals surface area contributed by atoms with Crippen LogP contribution in [0.3, 0.4) is 0 Å². The van der Waals surface area contributed by atoms with Gasteiger partial charge in [0.1, 0.15) is 11.5 Å². The van der Waals surface area contributed by atoms with Crippen molar-refractivity contribution in [1.29, 1.82) is 0 Å². The molecule has 0 aromatic carbocycles. The quantitative estimate of drug-likeness (QED) is 0.872. The summed E-state index contributed by atoms with van der Waals surface area (Å²) in [7, 11) is 0. The van der Waals surface area contributed by atoms with Gasteiger partial charge in [-0.05, 0) is 32.6 Å². The van der Waals surface area contributed by atoms with Crippen LogP contribution in [0.1, 0.15) is 47.7 Å². The molecule has 3 atom stereocenters. The summed E-state index contributed by atoms with van der Waals surface area (Å²) in [5.41, 5.74) is 1.59. The first-order chi connectivity index (χ1) is 10.5. The van der Waals surface area contributed by atoms with Gasteiger partial charge in [-0.25, -0.2) is 4.98 Å². The maximum atomic E-state index is 12.5. The first-order valence-electron chi connectivity index (χ1n) is 7.80. The number of nitrogens with zero attached hydrogens (tertiary/aromatic N) is 4. The fraction of sp³-hybridized carbons (Fsp3) is 0.562. The molecule has 1 unspecified atom stereocenters. The van der Waals surface area contributed by atoms with Crippen molar-refractivity contribution in [3.8, 4) is 0 Å². The van der Waals surface area contributed by atoms with Crippen molar-refractivity contribution in [2.45, 2.75) is 32.7 Å². The second-order valence-corrected chi connectivity index (χ2v) is 6.73. The predicted molar refractivity (Wildman–Crippen MR) is 79.5 cm³/mol. The Morgan fingerprint density at radius 1 is 1.36 bits per heavy atom. The Labute approximate surface area is 129 Å². The van der Waals surface area contributed by atoms with Crippen molar-refractivity contribution < 1.29 is 9.32 Å². The molecule has 1 amide bonds. The van der Waals surface area contributed by atoms with Crippen LogP contribution in [0, 0.1) is 18.8 Å². The zero-order valence-electron chi connectivity index (χ0n) is 13.1. The van der Waals surface area contributed by atoms with E-state index in [1.54, 1.807) is 6.33 Å². The van der Waals surface area contributed by atoms with Gasteiger partial charge in [0, 0.05) is 37.3 Å². The summed E-state index contributed by atoms with van der Waals surface area (Å²) in [6.07, 6.45) is 3.57. The Hall–Kier alpha value is -2.11. The van der Waals surface area contributed by atoms with Crippen LogP contribution in [0.15, 0.2) is 23.1 Å². The van der Waals surface area contributed by atoms with Crippen LogP contribution < -0.4 is 0 Å². The van der Waals surface area contributed by atoms with Crippen LogP contribution >= 0.6 is 0 Å². The maximum absolute atomic E-state index is 12.5. The van der Waals surface area contributed by atoms with Gasteiger partial charge in [0.25, 0.3) is 5.91 Å². The normalized spacial score (nSPS) is 26.5. The number of hydrogen-bond acceptors (Lipinski definition) is 4. The molecule has 4 rings (SSSR count). The van der Waals surface area contributed by atoms with Crippen molar-refractivity contribution in [1.82, 2.24) is 19.6 Å². The van der Waals surface area contributed by atoms with Crippen LogP contribution in [0.5, 0.6) is 0 Å². The predicted octanol–water partition coefficient (Wildman–Crippen LogP) is 2.25. The largest absolute Gasteiger partial charge is 0.361 e. The third-order valence-electron chi connectivity index (χ3n) is 4.89. The molecule has 2 fully saturated rings. The number of aromatic nitrogens is 3. The summed E-state index contributed by atoms with van der Waals surface area (Å²) in [5, 5.41) is 4.12. The molecule has 2 aromatic rings. The number of carbonyl (C=O) groups is 1. The van der Waals surface area contributed by atoms with Crippen molar-refractivity contribution in [3.63, 3.8) is 0 Å². The van der Waals surface area contributed by atoms with E-state index < -0.39 is 0 Å². The van der Waals surface area contributed by atoms with Crippen LogP contribution in [0.25, 0.3) is 0 Å². The highest BCUT2D eigenvalue weighted by molar-refractivity contribution is 5.92. The Morgan fingerprint density at radius 3 is 2.64 bits per heavy atom. The fourth-order valence-corrected chi connectivity index (χ4v) is 3.57. The Morgan fingerprint density at radius 2 is 2.09 bits per heavy atom. The zero-order valence-corrected chi connectivity index (χ0v) is 13.1. The highest BCUT2D eigenvalue weighted by Gasteiger charge is 2.58. The minimum atomic E-state index is 0.0432. The summed E-state index contributed by atoms with van der Waals surface area (Å²) < 4.78 is 7.12. The van der Waals surface area contributed by atoms with Crippen LogP contribution in [-0.2, 0) is 0 Å². The second kappa shape index (κ2) is 4.69. The lowest BCUT2D eigenvalue weighted by Gasteiger charge is -2.18. The van der Waals surface area contributed by atoms with Crippen molar-refractivity contribution in [2.24, 2.45) is 11.8 Å². The van der Waals surface area contributed by atoms with Crippen LogP contribution in [0.4, 0.5) is 0 Å². The van der Waals surface area contributed by atoms with E-state index in [1.807, 2.05) is 28.7 Å². The van der Waals surface area contributed by atoms with E-state index in [0.29, 0.717) is 29.5 Å². The monoisotopic (exact) mass is 300 g/mol. The van der Waals surface area contributed by atoms with Gasteiger partial charge in [-0.3, -0.25) is 4.79 Å². The first kappa shape index (κ1) is 13.5. The number of aryl methyl sites for hydroxylation is 1. The summed E-state index contributed by atoms with van der Waals surface area (Å²) in [6.45, 7) is 7.66. The van der Waals surface area contributed by atoms with Crippen LogP contribution in [-0.4, -0.2) is 38.6 Å². The average molecular weight is 300 g/mol. The van der Waals surface area contributed by atoms with Crippen molar-refractivity contribution >= 4 is 5.91 Å². The lowest BCUT2D eigenvalue weighted by atomic mass is 10.2. The van der Waals surface area contributed by atoms with Gasteiger partial charge in [0.15, 0.2) is 0 Å². The van der Waals surface area contributed by atoms with Gasteiger partial charge in [-0.15, -0.1) is 0 Å². The molecular formula is C16H20N4O2. The van der Waals surface area contributed by atoms with Gasteiger partial charge in [0.05, 0.1) is 12.0 Å². The minimum absolute atomic E-state index is 0.0432. The van der Waals surface area contributed by atoms with E-state index in [0.717, 1.165) is 24.5 Å². The Balaban J connectivity index is 1.42. The van der Waals surface area contributed by atoms with Gasteiger partial charge >= 0.3 is 0 Å². The summed E-state index contributed by atoms with van der Waals surface area (Å²) in [6, 6.07) is 2.33. The molecule has 116 valence electrons. The molecule has 22 heavy (non-hydrogen) atoms. The first-order valence-corrected chi connectivity index (χ1v) is 7.80. The Bertz CT molecular complexity index is 705. The second-order valence-electron chi connectivity index (χ2n) is 6.73. The van der Waals surface area contributed by atoms with E-state index in [2.05, 4.69) is 24.0 Å². The summed E-state index contributed by atoms with van der Waals surface area (Å²) >= 11 is 0. The number of imidazole rings is 1. The summed E-state index contributed by atoms with van der Waals surface area (Å²) in [5.74, 6) is 2.42. The molecule has 0 bridgehead atoms. The molecule has 0 radical (unpaired) electrons. The smallest absolute Gasteiger partial charge is 0.274 e. The van der Waals surface area contributed by atoms with Crippen molar-refractivity contribution in [2.75, 3.05) is 13.1 Å². The van der Waals surface area contributed by atoms with Gasteiger partial charge in [0.2, 0.25) is 0 Å². The third-order valence-corrected chi connectivity index (χ3v) is 4.89. The number of fused-ring (bicyclic) bond motifs is 1. The standard InChI is InChI=1S/C16H20N4O2/c1-9(2)20-7-14(17-8-20)16(21)19-5-11-12(6-19)15(11)13-4-10(3)22-18-13/h4,7-9,11-12,15H,5-6H2,1-3H3/t11-,12+,15?. The number of amides is 1. The van der Waals surface area contributed by atoms with Gasteiger partial charge in [-0.1, -0.05) is 5.16 Å². The molecular weight excluding hydrogens is 280 g/mol. The molecule has 1 saturated heterocycles. The van der Waals surface area contributed by atoms with Crippen LogP contribution in [0.2, 0.25) is 0 Å².